The van der Waals surface area contributed by atoms with E-state index in [9.17, 15) is 0 Å². The van der Waals surface area contributed by atoms with Crippen LogP contribution in [0.3, 0.4) is 0 Å². The Hall–Kier alpha value is -0.270. The van der Waals surface area contributed by atoms with E-state index in [0.29, 0.717) is 12.5 Å². The zero-order valence-corrected chi connectivity index (χ0v) is 6.81. The minimum absolute atomic E-state index is 0.560. The van der Waals surface area contributed by atoms with Crippen molar-refractivity contribution in [1.82, 2.24) is 0 Å². The predicted molar refractivity (Wildman–Crippen MR) is 45.5 cm³/mol. The fourth-order valence-electron chi connectivity index (χ4n) is 0.449. The van der Waals surface area contributed by atoms with Crippen molar-refractivity contribution in [2.24, 2.45) is 0 Å². The topological polar surface area (TPSA) is 9.23 Å². The number of halogens is 1. The summed E-state index contributed by atoms with van der Waals surface area (Å²) < 4.78 is 5.16. The predicted octanol–water partition coefficient (Wildman–Crippen LogP) is 2.37. The summed E-state index contributed by atoms with van der Waals surface area (Å²) in [6.45, 7) is 4.98. The first kappa shape index (κ1) is 9.73. The average Bonchev–Trinajstić information content (AvgIpc) is 1.97. The van der Waals surface area contributed by atoms with Crippen molar-refractivity contribution in [2.45, 2.75) is 6.42 Å². The lowest BCUT2D eigenvalue weighted by atomic mass is 10.4. The van der Waals surface area contributed by atoms with Gasteiger partial charge in [0.25, 0.3) is 0 Å². The van der Waals surface area contributed by atoms with Crippen LogP contribution in [0.5, 0.6) is 0 Å². The maximum Gasteiger partial charge on any atom is 0.0648 e. The van der Waals surface area contributed by atoms with Crippen LogP contribution in [0.1, 0.15) is 6.42 Å². The lowest BCUT2D eigenvalue weighted by molar-refractivity contribution is 0.167. The van der Waals surface area contributed by atoms with E-state index in [2.05, 4.69) is 6.58 Å². The largest absolute Gasteiger partial charge is 0.377 e. The van der Waals surface area contributed by atoms with E-state index in [1.165, 1.54) is 0 Å². The molecule has 0 N–H and O–H groups in total. The van der Waals surface area contributed by atoms with Crippen molar-refractivity contribution >= 4 is 11.6 Å². The second-order valence-electron chi connectivity index (χ2n) is 1.78. The summed E-state index contributed by atoms with van der Waals surface area (Å²) in [6, 6.07) is 0. The molecule has 0 rings (SSSR count). The monoisotopic (exact) mass is 160 g/mol. The highest BCUT2D eigenvalue weighted by atomic mass is 35.5. The molecule has 0 aliphatic carbocycles. The molecule has 0 aliphatic rings. The fourth-order valence-corrected chi connectivity index (χ4v) is 0.575. The van der Waals surface area contributed by atoms with Crippen LogP contribution < -0.4 is 0 Å². The van der Waals surface area contributed by atoms with E-state index in [1.807, 2.05) is 18.2 Å². The SMILES string of the molecule is C=CCCOCC=CCCl. The molecule has 0 spiro atoms. The van der Waals surface area contributed by atoms with E-state index in [4.69, 9.17) is 16.3 Å². The van der Waals surface area contributed by atoms with Crippen LogP contribution in [-0.2, 0) is 4.74 Å². The van der Waals surface area contributed by atoms with Crippen molar-refractivity contribution in [3.8, 4) is 0 Å². The lowest BCUT2D eigenvalue weighted by Crippen LogP contribution is -1.91. The molecule has 0 saturated heterocycles. The smallest absolute Gasteiger partial charge is 0.0648 e. The Bertz CT molecular complexity index is 99.4. The number of hydrogen-bond donors (Lipinski definition) is 0. The first-order valence-corrected chi connectivity index (χ1v) is 3.85. The summed E-state index contributed by atoms with van der Waals surface area (Å²) in [7, 11) is 0. The molecule has 0 radical (unpaired) electrons. The van der Waals surface area contributed by atoms with Crippen molar-refractivity contribution < 1.29 is 4.74 Å². The van der Waals surface area contributed by atoms with E-state index in [0.717, 1.165) is 13.0 Å². The number of hydrogen-bond acceptors (Lipinski definition) is 1. The van der Waals surface area contributed by atoms with Gasteiger partial charge < -0.3 is 4.74 Å². The molecule has 0 bridgehead atoms. The van der Waals surface area contributed by atoms with Gasteiger partial charge in [-0.25, -0.2) is 0 Å². The summed E-state index contributed by atoms with van der Waals surface area (Å²) in [5, 5.41) is 0. The van der Waals surface area contributed by atoms with Gasteiger partial charge >= 0.3 is 0 Å². The third-order valence-corrected chi connectivity index (χ3v) is 1.11. The standard InChI is InChI=1S/C8H13ClO/c1-2-3-7-10-8-5-4-6-9/h2,4-5H,1,3,6-8H2. The van der Waals surface area contributed by atoms with Gasteiger partial charge in [0.05, 0.1) is 13.2 Å². The number of allylic oxidation sites excluding steroid dienone is 1. The zero-order chi connectivity index (χ0) is 7.66. The van der Waals surface area contributed by atoms with Crippen molar-refractivity contribution in [1.29, 1.82) is 0 Å². The van der Waals surface area contributed by atoms with Gasteiger partial charge in [-0.1, -0.05) is 18.2 Å². The quantitative estimate of drug-likeness (QED) is 0.329. The van der Waals surface area contributed by atoms with Gasteiger partial charge in [-0.15, -0.1) is 18.2 Å². The summed E-state index contributed by atoms with van der Waals surface area (Å²) in [5.74, 6) is 0.560. The second kappa shape index (κ2) is 8.73. The molecule has 0 atom stereocenters. The normalized spacial score (nSPS) is 10.5. The highest BCUT2D eigenvalue weighted by Crippen LogP contribution is 1.84. The molecule has 0 fully saturated rings. The third kappa shape index (κ3) is 7.73. The van der Waals surface area contributed by atoms with Crippen LogP contribution in [0, 0.1) is 0 Å². The Balaban J connectivity index is 2.89. The molecule has 0 amide bonds. The molecule has 0 aliphatic heterocycles. The van der Waals surface area contributed by atoms with Gasteiger partial charge in [0.1, 0.15) is 0 Å². The molecule has 0 aromatic carbocycles. The van der Waals surface area contributed by atoms with Crippen LogP contribution in [-0.4, -0.2) is 19.1 Å². The molecular formula is C8H13ClO. The highest BCUT2D eigenvalue weighted by Gasteiger charge is 1.79. The molecule has 0 aromatic heterocycles. The summed E-state index contributed by atoms with van der Waals surface area (Å²) in [4.78, 5) is 0. The van der Waals surface area contributed by atoms with Crippen LogP contribution in [0.4, 0.5) is 0 Å². The maximum atomic E-state index is 5.38. The first-order chi connectivity index (χ1) is 4.91. The van der Waals surface area contributed by atoms with E-state index < -0.39 is 0 Å². The molecule has 0 heterocycles. The van der Waals surface area contributed by atoms with Crippen LogP contribution >= 0.6 is 11.6 Å². The maximum absolute atomic E-state index is 5.38. The van der Waals surface area contributed by atoms with E-state index in [-0.39, 0.29) is 0 Å². The van der Waals surface area contributed by atoms with Crippen LogP contribution in [0.15, 0.2) is 24.8 Å². The Labute approximate surface area is 67.3 Å². The highest BCUT2D eigenvalue weighted by molar-refractivity contribution is 6.18. The number of alkyl halides is 1. The fraction of sp³-hybridized carbons (Fsp3) is 0.500. The Kier molecular flexibility index (Phi) is 8.49. The van der Waals surface area contributed by atoms with E-state index >= 15 is 0 Å². The van der Waals surface area contributed by atoms with Crippen molar-refractivity contribution in [2.75, 3.05) is 19.1 Å². The van der Waals surface area contributed by atoms with Crippen LogP contribution in [0.25, 0.3) is 0 Å². The Morgan fingerprint density at radius 3 is 2.80 bits per heavy atom. The summed E-state index contributed by atoms with van der Waals surface area (Å²) >= 11 is 5.38. The first-order valence-electron chi connectivity index (χ1n) is 3.31. The molecule has 0 unspecified atom stereocenters. The van der Waals surface area contributed by atoms with Crippen molar-refractivity contribution in [3.05, 3.63) is 24.8 Å². The summed E-state index contributed by atoms with van der Waals surface area (Å²) in [5.41, 5.74) is 0. The van der Waals surface area contributed by atoms with E-state index in [1.54, 1.807) is 0 Å². The number of rotatable bonds is 6. The molecule has 0 saturated carbocycles. The Morgan fingerprint density at radius 1 is 1.40 bits per heavy atom. The third-order valence-electron chi connectivity index (χ3n) is 0.936. The van der Waals surface area contributed by atoms with Gasteiger partial charge in [-0.3, -0.25) is 0 Å². The van der Waals surface area contributed by atoms with Crippen LogP contribution in [0.2, 0.25) is 0 Å². The molecule has 1 nitrogen and oxygen atoms in total. The molecule has 10 heavy (non-hydrogen) atoms. The van der Waals surface area contributed by atoms with Gasteiger partial charge in [0, 0.05) is 5.88 Å². The molecular weight excluding hydrogens is 148 g/mol. The van der Waals surface area contributed by atoms with Gasteiger partial charge in [-0.05, 0) is 6.42 Å². The Morgan fingerprint density at radius 2 is 2.20 bits per heavy atom. The number of ether oxygens (including phenoxy) is 1. The van der Waals surface area contributed by atoms with Crippen molar-refractivity contribution in [3.63, 3.8) is 0 Å². The van der Waals surface area contributed by atoms with Gasteiger partial charge in [-0.2, -0.15) is 0 Å². The molecule has 58 valence electrons. The zero-order valence-electron chi connectivity index (χ0n) is 6.05. The van der Waals surface area contributed by atoms with Gasteiger partial charge in [0.15, 0.2) is 0 Å². The molecule has 0 aromatic rings. The minimum Gasteiger partial charge on any atom is -0.377 e. The minimum atomic E-state index is 0.560. The second-order valence-corrected chi connectivity index (χ2v) is 2.09. The summed E-state index contributed by atoms with van der Waals surface area (Å²) in [6.07, 6.45) is 6.53. The molecule has 2 heteroatoms. The average molecular weight is 161 g/mol. The van der Waals surface area contributed by atoms with Gasteiger partial charge in [0.2, 0.25) is 0 Å². The lowest BCUT2D eigenvalue weighted by Gasteiger charge is -1.94.